The quantitative estimate of drug-likeness (QED) is 0.696. The molecule has 1 N–H and O–H groups in total. The Kier molecular flexibility index (Phi) is 6.42. The molecular weight excluding hydrogens is 243 g/mol. The minimum absolute atomic E-state index is 0.746. The lowest BCUT2D eigenvalue weighted by molar-refractivity contribution is 0.573. The van der Waals surface area contributed by atoms with Crippen LogP contribution in [-0.2, 0) is 4.57 Å². The van der Waals surface area contributed by atoms with E-state index >= 15 is 0 Å². The molecule has 1 aromatic heterocycles. The number of pyridine rings is 1. The van der Waals surface area contributed by atoms with Crippen molar-refractivity contribution in [3.63, 3.8) is 0 Å². The zero-order valence-electron chi connectivity index (χ0n) is 11.8. The lowest BCUT2D eigenvalue weighted by Gasteiger charge is -2.20. The second-order valence-electron chi connectivity index (χ2n) is 4.88. The van der Waals surface area contributed by atoms with Gasteiger partial charge in [-0.15, -0.1) is 0 Å². The number of rotatable bonds is 8. The second-order valence-corrected chi connectivity index (χ2v) is 7.77. The van der Waals surface area contributed by atoms with Crippen LogP contribution in [0.2, 0.25) is 0 Å². The normalized spacial score (nSPS) is 11.5. The number of nitrogens with one attached hydrogen (secondary N) is 1. The van der Waals surface area contributed by atoms with Crippen LogP contribution in [0, 0.1) is 6.92 Å². The molecule has 0 aliphatic carbocycles. The summed E-state index contributed by atoms with van der Waals surface area (Å²) in [7, 11) is -2.30. The highest BCUT2D eigenvalue weighted by Gasteiger charge is 2.20. The summed E-state index contributed by atoms with van der Waals surface area (Å²) in [6.45, 7) is 6.27. The first kappa shape index (κ1) is 15.2. The van der Waals surface area contributed by atoms with Gasteiger partial charge in [0.1, 0.15) is 5.82 Å². The SMILES string of the molecule is CCCCP(=O)(CCCC)Nc1ccc(C)cn1. The molecule has 0 saturated carbocycles. The van der Waals surface area contributed by atoms with E-state index in [1.165, 1.54) is 0 Å². The topological polar surface area (TPSA) is 42.0 Å². The highest BCUT2D eigenvalue weighted by atomic mass is 31.2. The summed E-state index contributed by atoms with van der Waals surface area (Å²) in [5.74, 6) is 0.746. The van der Waals surface area contributed by atoms with Crippen LogP contribution < -0.4 is 5.09 Å². The molecule has 102 valence electrons. The average molecular weight is 268 g/mol. The van der Waals surface area contributed by atoms with E-state index in [9.17, 15) is 4.57 Å². The number of unbranched alkanes of at least 4 members (excludes halogenated alkanes) is 2. The monoisotopic (exact) mass is 268 g/mol. The number of aromatic nitrogens is 1. The number of hydrogen-bond acceptors (Lipinski definition) is 2. The van der Waals surface area contributed by atoms with Crippen molar-refractivity contribution >= 4 is 13.1 Å². The van der Waals surface area contributed by atoms with Crippen molar-refractivity contribution < 1.29 is 4.57 Å². The van der Waals surface area contributed by atoms with Crippen LogP contribution >= 0.6 is 7.29 Å². The summed E-state index contributed by atoms with van der Waals surface area (Å²) in [5.41, 5.74) is 1.12. The van der Waals surface area contributed by atoms with Gasteiger partial charge in [-0.05, 0) is 31.4 Å². The summed E-state index contributed by atoms with van der Waals surface area (Å²) >= 11 is 0. The summed E-state index contributed by atoms with van der Waals surface area (Å²) in [6.07, 6.45) is 7.56. The Morgan fingerprint density at radius 2 is 1.78 bits per heavy atom. The molecule has 0 fully saturated rings. The minimum atomic E-state index is -2.30. The van der Waals surface area contributed by atoms with Gasteiger partial charge in [-0.1, -0.05) is 32.8 Å². The molecule has 0 aliphatic rings. The Labute approximate surface area is 111 Å². The summed E-state index contributed by atoms with van der Waals surface area (Å²) in [4.78, 5) is 4.30. The fourth-order valence-corrected chi connectivity index (χ4v) is 4.44. The van der Waals surface area contributed by atoms with E-state index in [0.29, 0.717) is 0 Å². The van der Waals surface area contributed by atoms with E-state index in [1.54, 1.807) is 0 Å². The maximum absolute atomic E-state index is 12.8. The maximum atomic E-state index is 12.8. The Balaban J connectivity index is 2.70. The molecule has 0 amide bonds. The number of nitrogens with zero attached hydrogens (tertiary/aromatic N) is 1. The van der Waals surface area contributed by atoms with Crippen molar-refractivity contribution in [3.8, 4) is 0 Å². The largest absolute Gasteiger partial charge is 0.321 e. The summed E-state index contributed by atoms with van der Waals surface area (Å²) < 4.78 is 12.8. The molecule has 0 aliphatic heterocycles. The Morgan fingerprint density at radius 1 is 1.17 bits per heavy atom. The van der Waals surface area contributed by atoms with Crippen LogP contribution in [0.25, 0.3) is 0 Å². The van der Waals surface area contributed by atoms with Crippen LogP contribution in [0.1, 0.15) is 45.1 Å². The second kappa shape index (κ2) is 7.58. The summed E-state index contributed by atoms with van der Waals surface area (Å²) in [5, 5.41) is 3.20. The molecule has 0 bridgehead atoms. The number of anilines is 1. The van der Waals surface area contributed by atoms with Crippen LogP contribution in [0.4, 0.5) is 5.82 Å². The smallest absolute Gasteiger partial charge is 0.171 e. The fourth-order valence-electron chi connectivity index (χ4n) is 1.79. The first-order valence-corrected chi connectivity index (χ1v) is 8.96. The van der Waals surface area contributed by atoms with Gasteiger partial charge >= 0.3 is 0 Å². The average Bonchev–Trinajstić information content (AvgIpc) is 2.37. The van der Waals surface area contributed by atoms with Crippen molar-refractivity contribution in [3.05, 3.63) is 23.9 Å². The van der Waals surface area contributed by atoms with Crippen molar-refractivity contribution in [2.45, 2.75) is 46.5 Å². The van der Waals surface area contributed by atoms with Crippen molar-refractivity contribution in [2.24, 2.45) is 0 Å². The fraction of sp³-hybridized carbons (Fsp3) is 0.643. The third-order valence-electron chi connectivity index (χ3n) is 2.98. The minimum Gasteiger partial charge on any atom is -0.321 e. The zero-order chi connectivity index (χ0) is 13.4. The van der Waals surface area contributed by atoms with Gasteiger partial charge in [-0.3, -0.25) is 0 Å². The van der Waals surface area contributed by atoms with Gasteiger partial charge in [-0.2, -0.15) is 0 Å². The standard InChI is InChI=1S/C14H25N2OP/c1-4-6-10-18(17,11-7-5-2)16-14-9-8-13(3)12-15-14/h8-9,12H,4-7,10-11H2,1-3H3,(H,15,16,17). The predicted molar refractivity (Wildman–Crippen MR) is 79.8 cm³/mol. The molecule has 0 aromatic carbocycles. The van der Waals surface area contributed by atoms with E-state index in [4.69, 9.17) is 0 Å². The van der Waals surface area contributed by atoms with Crippen LogP contribution in [-0.4, -0.2) is 17.3 Å². The number of aryl methyl sites for hydroxylation is 1. The first-order chi connectivity index (χ1) is 8.59. The van der Waals surface area contributed by atoms with Gasteiger partial charge < -0.3 is 9.65 Å². The molecule has 1 rings (SSSR count). The summed E-state index contributed by atoms with van der Waals surface area (Å²) in [6, 6.07) is 3.92. The van der Waals surface area contributed by atoms with Crippen LogP contribution in [0.15, 0.2) is 18.3 Å². The molecular formula is C14H25N2OP. The van der Waals surface area contributed by atoms with E-state index in [2.05, 4.69) is 23.9 Å². The molecule has 1 aromatic rings. The highest BCUT2D eigenvalue weighted by molar-refractivity contribution is 7.65. The first-order valence-electron chi connectivity index (χ1n) is 6.88. The molecule has 0 radical (unpaired) electrons. The molecule has 0 unspecified atom stereocenters. The van der Waals surface area contributed by atoms with E-state index < -0.39 is 7.29 Å². The van der Waals surface area contributed by atoms with Gasteiger partial charge in [-0.25, -0.2) is 4.98 Å². The van der Waals surface area contributed by atoms with Crippen LogP contribution in [0.5, 0.6) is 0 Å². The van der Waals surface area contributed by atoms with Gasteiger partial charge in [0.05, 0.1) is 0 Å². The molecule has 0 saturated heterocycles. The van der Waals surface area contributed by atoms with Gasteiger partial charge in [0.25, 0.3) is 0 Å². The van der Waals surface area contributed by atoms with Crippen molar-refractivity contribution in [2.75, 3.05) is 17.4 Å². The Bertz CT molecular complexity index is 377. The third kappa shape index (κ3) is 5.22. The van der Waals surface area contributed by atoms with E-state index in [0.717, 1.165) is 49.4 Å². The van der Waals surface area contributed by atoms with Crippen molar-refractivity contribution in [1.29, 1.82) is 0 Å². The lowest BCUT2D eigenvalue weighted by Crippen LogP contribution is -2.06. The molecule has 3 nitrogen and oxygen atoms in total. The number of hydrogen-bond donors (Lipinski definition) is 1. The molecule has 1 heterocycles. The molecule has 4 heteroatoms. The molecule has 0 atom stereocenters. The molecule has 18 heavy (non-hydrogen) atoms. The maximum Gasteiger partial charge on any atom is 0.171 e. The van der Waals surface area contributed by atoms with Gasteiger partial charge in [0.2, 0.25) is 0 Å². The van der Waals surface area contributed by atoms with Crippen molar-refractivity contribution in [1.82, 2.24) is 4.98 Å². The van der Waals surface area contributed by atoms with Gasteiger partial charge in [0, 0.05) is 18.5 Å². The Morgan fingerprint density at radius 3 is 2.22 bits per heavy atom. The Hall–Kier alpha value is -0.820. The molecule has 0 spiro atoms. The predicted octanol–water partition coefficient (Wildman–Crippen LogP) is 4.68. The zero-order valence-corrected chi connectivity index (χ0v) is 12.7. The third-order valence-corrected chi connectivity index (χ3v) is 5.69. The van der Waals surface area contributed by atoms with Gasteiger partial charge in [0.15, 0.2) is 7.29 Å². The van der Waals surface area contributed by atoms with Crippen LogP contribution in [0.3, 0.4) is 0 Å². The van der Waals surface area contributed by atoms with E-state index in [1.807, 2.05) is 25.3 Å². The lowest BCUT2D eigenvalue weighted by atomic mass is 10.3. The van der Waals surface area contributed by atoms with E-state index in [-0.39, 0.29) is 0 Å². The highest BCUT2D eigenvalue weighted by Crippen LogP contribution is 2.46.